The van der Waals surface area contributed by atoms with Gasteiger partial charge in [-0.1, -0.05) is 26.0 Å². The molecule has 7 nitrogen and oxygen atoms in total. The summed E-state index contributed by atoms with van der Waals surface area (Å²) in [6, 6.07) is 11.1. The van der Waals surface area contributed by atoms with Gasteiger partial charge in [0.2, 0.25) is 5.91 Å². The summed E-state index contributed by atoms with van der Waals surface area (Å²) in [5.74, 6) is 0.164. The maximum Gasteiger partial charge on any atom is 0.262 e. The van der Waals surface area contributed by atoms with E-state index in [1.54, 1.807) is 48.2 Å². The number of carbonyl (C=O) groups excluding carboxylic acids is 2. The highest BCUT2D eigenvalue weighted by atomic mass is 32.2. The summed E-state index contributed by atoms with van der Waals surface area (Å²) in [4.78, 5) is 27.5. The lowest BCUT2D eigenvalue weighted by Gasteiger charge is -2.24. The van der Waals surface area contributed by atoms with E-state index >= 15 is 0 Å². The van der Waals surface area contributed by atoms with E-state index in [4.69, 9.17) is 0 Å². The number of benzene rings is 2. The summed E-state index contributed by atoms with van der Waals surface area (Å²) in [6.07, 6.45) is 2.32. The summed E-state index contributed by atoms with van der Waals surface area (Å²) < 4.78 is 28.2. The molecule has 1 heterocycles. The Morgan fingerprint density at radius 2 is 1.79 bits per heavy atom. The molecule has 1 aliphatic heterocycles. The Hall–Kier alpha value is -2.87. The first kappa shape index (κ1) is 24.8. The van der Waals surface area contributed by atoms with Crippen LogP contribution in [0.3, 0.4) is 0 Å². The van der Waals surface area contributed by atoms with Crippen molar-refractivity contribution in [2.45, 2.75) is 57.9 Å². The molecule has 0 spiro atoms. The van der Waals surface area contributed by atoms with E-state index in [2.05, 4.69) is 23.9 Å². The largest absolute Gasteiger partial charge is 0.354 e. The van der Waals surface area contributed by atoms with E-state index in [0.717, 1.165) is 18.4 Å². The summed E-state index contributed by atoms with van der Waals surface area (Å²) in [5, 5.41) is 2.94. The first-order valence-electron chi connectivity index (χ1n) is 11.4. The van der Waals surface area contributed by atoms with Crippen molar-refractivity contribution in [1.82, 2.24) is 10.2 Å². The van der Waals surface area contributed by atoms with Crippen LogP contribution in [0.1, 0.15) is 54.6 Å². The molecule has 3 rings (SSSR count). The van der Waals surface area contributed by atoms with Crippen molar-refractivity contribution in [3.8, 4) is 0 Å². The molecular formula is C25H33N3O4S. The molecule has 33 heavy (non-hydrogen) atoms. The van der Waals surface area contributed by atoms with Gasteiger partial charge in [0, 0.05) is 24.3 Å². The summed E-state index contributed by atoms with van der Waals surface area (Å²) >= 11 is 0. The average Bonchev–Trinajstić information content (AvgIpc) is 3.25. The molecule has 8 heteroatoms. The van der Waals surface area contributed by atoms with Crippen LogP contribution in [0.2, 0.25) is 0 Å². The molecule has 2 aromatic carbocycles. The summed E-state index contributed by atoms with van der Waals surface area (Å²) in [6.45, 7) is 8.93. The van der Waals surface area contributed by atoms with Crippen LogP contribution in [0.5, 0.6) is 0 Å². The standard InChI is InChI=1S/C25H33N3O4S/c1-17(2)13-14-26-24(29)22-6-5-15-28(22)25(30)20-9-11-21(12-10-20)27-33(31,32)23-16-18(3)7-8-19(23)4/h7-12,16-17,22,27H,5-6,13-15H2,1-4H3,(H,26,29)/t22-/m0/s1. The van der Waals surface area contributed by atoms with Gasteiger partial charge < -0.3 is 10.2 Å². The molecule has 2 aromatic rings. The van der Waals surface area contributed by atoms with Crippen molar-refractivity contribution >= 4 is 27.5 Å². The number of hydrogen-bond acceptors (Lipinski definition) is 4. The normalized spacial score (nSPS) is 16.2. The number of rotatable bonds is 8. The minimum absolute atomic E-state index is 0.112. The van der Waals surface area contributed by atoms with Crippen LogP contribution in [-0.2, 0) is 14.8 Å². The second-order valence-corrected chi connectivity index (χ2v) is 10.7. The molecule has 2 amide bonds. The summed E-state index contributed by atoms with van der Waals surface area (Å²) in [7, 11) is -3.75. The molecule has 1 aliphatic rings. The van der Waals surface area contributed by atoms with Crippen molar-refractivity contribution in [1.29, 1.82) is 0 Å². The summed E-state index contributed by atoms with van der Waals surface area (Å²) in [5.41, 5.74) is 2.31. The monoisotopic (exact) mass is 471 g/mol. The fourth-order valence-corrected chi connectivity index (χ4v) is 5.33. The smallest absolute Gasteiger partial charge is 0.262 e. The molecule has 0 bridgehead atoms. The van der Waals surface area contributed by atoms with E-state index in [9.17, 15) is 18.0 Å². The Bertz CT molecular complexity index is 1110. The number of carbonyl (C=O) groups is 2. The van der Waals surface area contributed by atoms with Gasteiger partial charge in [-0.05, 0) is 80.5 Å². The quantitative estimate of drug-likeness (QED) is 0.611. The predicted octanol–water partition coefficient (Wildman–Crippen LogP) is 3.87. The lowest BCUT2D eigenvalue weighted by molar-refractivity contribution is -0.124. The van der Waals surface area contributed by atoms with Gasteiger partial charge in [-0.25, -0.2) is 8.42 Å². The SMILES string of the molecule is Cc1ccc(C)c(S(=O)(=O)Nc2ccc(C(=O)N3CCC[C@H]3C(=O)NCCC(C)C)cc2)c1. The number of likely N-dealkylation sites (tertiary alicyclic amines) is 1. The van der Waals surface area contributed by atoms with Gasteiger partial charge in [-0.15, -0.1) is 0 Å². The lowest BCUT2D eigenvalue weighted by atomic mass is 10.1. The number of amides is 2. The van der Waals surface area contributed by atoms with Crippen LogP contribution in [0.4, 0.5) is 5.69 Å². The van der Waals surface area contributed by atoms with Gasteiger partial charge in [0.15, 0.2) is 0 Å². The molecule has 1 fully saturated rings. The first-order chi connectivity index (χ1) is 15.6. The van der Waals surface area contributed by atoms with E-state index in [0.29, 0.717) is 42.2 Å². The Morgan fingerprint density at radius 3 is 2.45 bits per heavy atom. The van der Waals surface area contributed by atoms with Crippen molar-refractivity contribution < 1.29 is 18.0 Å². The zero-order chi connectivity index (χ0) is 24.2. The number of nitrogens with zero attached hydrogens (tertiary/aromatic N) is 1. The highest BCUT2D eigenvalue weighted by Crippen LogP contribution is 2.23. The number of hydrogen-bond donors (Lipinski definition) is 2. The molecular weight excluding hydrogens is 438 g/mol. The molecule has 0 unspecified atom stereocenters. The highest BCUT2D eigenvalue weighted by Gasteiger charge is 2.34. The molecule has 0 saturated carbocycles. The van der Waals surface area contributed by atoms with Gasteiger partial charge >= 0.3 is 0 Å². The fourth-order valence-electron chi connectivity index (χ4n) is 3.94. The van der Waals surface area contributed by atoms with Crippen LogP contribution in [0, 0.1) is 19.8 Å². The van der Waals surface area contributed by atoms with Gasteiger partial charge in [0.25, 0.3) is 15.9 Å². The maximum atomic E-state index is 13.1. The molecule has 1 saturated heterocycles. The van der Waals surface area contributed by atoms with Crippen molar-refractivity contribution in [2.75, 3.05) is 17.8 Å². The minimum Gasteiger partial charge on any atom is -0.354 e. The molecule has 0 aromatic heterocycles. The number of aryl methyl sites for hydroxylation is 2. The Balaban J connectivity index is 1.68. The van der Waals surface area contributed by atoms with E-state index < -0.39 is 16.1 Å². The van der Waals surface area contributed by atoms with Gasteiger partial charge in [-0.2, -0.15) is 0 Å². The third-order valence-electron chi connectivity index (χ3n) is 5.85. The van der Waals surface area contributed by atoms with Crippen molar-refractivity contribution in [2.24, 2.45) is 5.92 Å². The molecule has 1 atom stereocenters. The van der Waals surface area contributed by atoms with Crippen LogP contribution < -0.4 is 10.0 Å². The van der Waals surface area contributed by atoms with Crippen LogP contribution in [0.15, 0.2) is 47.4 Å². The van der Waals surface area contributed by atoms with Crippen LogP contribution in [-0.4, -0.2) is 44.3 Å². The first-order valence-corrected chi connectivity index (χ1v) is 12.9. The third kappa shape index (κ3) is 6.13. The van der Waals surface area contributed by atoms with Gasteiger partial charge in [0.1, 0.15) is 6.04 Å². The second kappa shape index (κ2) is 10.4. The highest BCUT2D eigenvalue weighted by molar-refractivity contribution is 7.92. The van der Waals surface area contributed by atoms with E-state index in [1.165, 1.54) is 0 Å². The Labute approximate surface area is 196 Å². The zero-order valence-corrected chi connectivity index (χ0v) is 20.5. The molecule has 2 N–H and O–H groups in total. The van der Waals surface area contributed by atoms with Crippen LogP contribution in [0.25, 0.3) is 0 Å². The Kier molecular flexibility index (Phi) is 7.79. The van der Waals surface area contributed by atoms with Gasteiger partial charge in [0.05, 0.1) is 4.90 Å². The lowest BCUT2D eigenvalue weighted by Crippen LogP contribution is -2.46. The third-order valence-corrected chi connectivity index (χ3v) is 7.38. The second-order valence-electron chi connectivity index (χ2n) is 9.08. The number of nitrogens with one attached hydrogen (secondary N) is 2. The molecule has 0 aliphatic carbocycles. The number of anilines is 1. The molecule has 178 valence electrons. The molecule has 0 radical (unpaired) electrons. The average molecular weight is 472 g/mol. The Morgan fingerprint density at radius 1 is 1.09 bits per heavy atom. The predicted molar refractivity (Wildman–Crippen MR) is 130 cm³/mol. The van der Waals surface area contributed by atoms with Crippen molar-refractivity contribution in [3.63, 3.8) is 0 Å². The van der Waals surface area contributed by atoms with E-state index in [-0.39, 0.29) is 16.7 Å². The maximum absolute atomic E-state index is 13.1. The van der Waals surface area contributed by atoms with E-state index in [1.807, 2.05) is 13.0 Å². The minimum atomic E-state index is -3.75. The van der Waals surface area contributed by atoms with Crippen LogP contribution >= 0.6 is 0 Å². The van der Waals surface area contributed by atoms with Crippen molar-refractivity contribution in [3.05, 3.63) is 59.2 Å². The fraction of sp³-hybridized carbons (Fsp3) is 0.440. The van der Waals surface area contributed by atoms with Gasteiger partial charge in [-0.3, -0.25) is 14.3 Å². The number of sulfonamides is 1. The zero-order valence-electron chi connectivity index (χ0n) is 19.7. The topological polar surface area (TPSA) is 95.6 Å².